The molecular formula is C20H23NO4. The van der Waals surface area contributed by atoms with Gasteiger partial charge in [0.1, 0.15) is 5.75 Å². The summed E-state index contributed by atoms with van der Waals surface area (Å²) in [4.78, 5) is 22.9. The number of anilines is 1. The molecule has 0 fully saturated rings. The van der Waals surface area contributed by atoms with Gasteiger partial charge in [-0.05, 0) is 49.6 Å². The molecule has 1 unspecified atom stereocenters. The predicted molar refractivity (Wildman–Crippen MR) is 97.0 cm³/mol. The van der Waals surface area contributed by atoms with Gasteiger partial charge in [0, 0.05) is 12.1 Å². The molecule has 0 aliphatic carbocycles. The van der Waals surface area contributed by atoms with Gasteiger partial charge in [-0.15, -0.1) is 0 Å². The van der Waals surface area contributed by atoms with Crippen LogP contribution in [0.15, 0.2) is 48.5 Å². The fourth-order valence-electron chi connectivity index (χ4n) is 2.35. The second-order valence-corrected chi connectivity index (χ2v) is 5.95. The highest BCUT2D eigenvalue weighted by Gasteiger charge is 2.13. The van der Waals surface area contributed by atoms with Gasteiger partial charge < -0.3 is 15.2 Å². The largest absolute Gasteiger partial charge is 0.493 e. The van der Waals surface area contributed by atoms with Crippen LogP contribution in [0, 0.1) is 6.92 Å². The molecule has 5 heteroatoms. The number of aryl methyl sites for hydroxylation is 1. The lowest BCUT2D eigenvalue weighted by molar-refractivity contribution is -0.138. The van der Waals surface area contributed by atoms with Crippen molar-refractivity contribution in [2.75, 3.05) is 11.9 Å². The molecule has 0 bridgehead atoms. The van der Waals surface area contributed by atoms with E-state index in [0.717, 1.165) is 11.3 Å². The Morgan fingerprint density at radius 1 is 1.12 bits per heavy atom. The van der Waals surface area contributed by atoms with E-state index in [1.807, 2.05) is 31.2 Å². The summed E-state index contributed by atoms with van der Waals surface area (Å²) in [6.45, 7) is 4.09. The Labute approximate surface area is 147 Å². The highest BCUT2D eigenvalue weighted by atomic mass is 16.5. The molecule has 2 aromatic carbocycles. The first-order chi connectivity index (χ1) is 12.0. The number of amides is 1. The van der Waals surface area contributed by atoms with Crippen molar-refractivity contribution in [3.63, 3.8) is 0 Å². The predicted octanol–water partition coefficient (Wildman–Crippen LogP) is 3.98. The molecule has 2 N–H and O–H groups in total. The van der Waals surface area contributed by atoms with Gasteiger partial charge in [0.15, 0.2) is 0 Å². The molecule has 0 saturated heterocycles. The first kappa shape index (κ1) is 18.5. The zero-order chi connectivity index (χ0) is 18.2. The molecule has 2 rings (SSSR count). The van der Waals surface area contributed by atoms with E-state index in [0.29, 0.717) is 30.7 Å². The Balaban J connectivity index is 1.75. The van der Waals surface area contributed by atoms with Crippen molar-refractivity contribution in [1.29, 1.82) is 0 Å². The number of carbonyl (C=O) groups excluding carboxylic acids is 1. The molecule has 0 radical (unpaired) electrons. The van der Waals surface area contributed by atoms with Crippen molar-refractivity contribution < 1.29 is 19.4 Å². The molecule has 132 valence electrons. The average Bonchev–Trinajstić information content (AvgIpc) is 2.60. The Morgan fingerprint density at radius 2 is 1.80 bits per heavy atom. The van der Waals surface area contributed by atoms with Crippen molar-refractivity contribution in [3.05, 3.63) is 59.7 Å². The van der Waals surface area contributed by atoms with Gasteiger partial charge >= 0.3 is 5.97 Å². The number of carboxylic acids is 1. The third-order valence-corrected chi connectivity index (χ3v) is 3.96. The zero-order valence-corrected chi connectivity index (χ0v) is 14.5. The van der Waals surface area contributed by atoms with Crippen molar-refractivity contribution in [2.45, 2.75) is 32.6 Å². The van der Waals surface area contributed by atoms with Gasteiger partial charge in [0.05, 0.1) is 12.5 Å². The third kappa shape index (κ3) is 5.64. The summed E-state index contributed by atoms with van der Waals surface area (Å²) < 4.78 is 5.67. The Hall–Kier alpha value is -2.82. The molecular weight excluding hydrogens is 318 g/mol. The van der Waals surface area contributed by atoms with E-state index in [1.165, 1.54) is 0 Å². The highest BCUT2D eigenvalue weighted by Crippen LogP contribution is 2.19. The molecule has 2 aromatic rings. The number of para-hydroxylation sites is 1. The number of carbonyl (C=O) groups is 2. The van der Waals surface area contributed by atoms with Crippen LogP contribution < -0.4 is 10.1 Å². The van der Waals surface area contributed by atoms with Gasteiger partial charge in [-0.2, -0.15) is 0 Å². The first-order valence-electron chi connectivity index (χ1n) is 8.28. The van der Waals surface area contributed by atoms with Crippen LogP contribution >= 0.6 is 0 Å². The van der Waals surface area contributed by atoms with E-state index in [9.17, 15) is 9.59 Å². The molecule has 0 aliphatic heterocycles. The summed E-state index contributed by atoms with van der Waals surface area (Å²) in [5.41, 5.74) is 2.44. The van der Waals surface area contributed by atoms with Crippen LogP contribution in [0.1, 0.15) is 36.8 Å². The van der Waals surface area contributed by atoms with E-state index >= 15 is 0 Å². The smallest absolute Gasteiger partial charge is 0.310 e. The lowest BCUT2D eigenvalue weighted by Gasteiger charge is -2.10. The normalized spacial score (nSPS) is 11.6. The quantitative estimate of drug-likeness (QED) is 0.712. The minimum absolute atomic E-state index is 0.0904. The number of hydrogen-bond acceptors (Lipinski definition) is 3. The number of aliphatic carboxylic acids is 1. The maximum atomic E-state index is 12.0. The summed E-state index contributed by atoms with van der Waals surface area (Å²) in [6, 6.07) is 14.6. The van der Waals surface area contributed by atoms with Gasteiger partial charge in [0.25, 0.3) is 0 Å². The SMILES string of the molecule is Cc1ccccc1OCCCC(=O)Nc1ccc(C(C)C(=O)O)cc1. The van der Waals surface area contributed by atoms with Crippen molar-refractivity contribution in [2.24, 2.45) is 0 Å². The molecule has 0 aromatic heterocycles. The molecule has 25 heavy (non-hydrogen) atoms. The average molecular weight is 341 g/mol. The number of carboxylic acid groups (broad SMARTS) is 1. The Bertz CT molecular complexity index is 725. The first-order valence-corrected chi connectivity index (χ1v) is 8.28. The zero-order valence-electron chi connectivity index (χ0n) is 14.5. The number of ether oxygens (including phenoxy) is 1. The topological polar surface area (TPSA) is 75.6 Å². The fourth-order valence-corrected chi connectivity index (χ4v) is 2.35. The minimum Gasteiger partial charge on any atom is -0.493 e. The lowest BCUT2D eigenvalue weighted by Crippen LogP contribution is -2.13. The molecule has 0 heterocycles. The van der Waals surface area contributed by atoms with Crippen LogP contribution in [0.5, 0.6) is 5.75 Å². The molecule has 1 amide bonds. The molecule has 0 aliphatic rings. The van der Waals surface area contributed by atoms with Crippen LogP contribution in [0.25, 0.3) is 0 Å². The van der Waals surface area contributed by atoms with Crippen molar-refractivity contribution in [3.8, 4) is 5.75 Å². The molecule has 0 saturated carbocycles. The molecule has 5 nitrogen and oxygen atoms in total. The van der Waals surface area contributed by atoms with Gasteiger partial charge in [-0.25, -0.2) is 0 Å². The van der Waals surface area contributed by atoms with E-state index in [-0.39, 0.29) is 5.91 Å². The number of benzene rings is 2. The Kier molecular flexibility index (Phi) is 6.57. The van der Waals surface area contributed by atoms with Crippen LogP contribution in [0.3, 0.4) is 0 Å². The summed E-state index contributed by atoms with van der Waals surface area (Å²) in [6.07, 6.45) is 0.980. The van der Waals surface area contributed by atoms with Crippen LogP contribution in [0.4, 0.5) is 5.69 Å². The monoisotopic (exact) mass is 341 g/mol. The van der Waals surface area contributed by atoms with Gasteiger partial charge in [0.2, 0.25) is 5.91 Å². The lowest BCUT2D eigenvalue weighted by atomic mass is 10.0. The van der Waals surface area contributed by atoms with Crippen LogP contribution in [-0.4, -0.2) is 23.6 Å². The van der Waals surface area contributed by atoms with Gasteiger partial charge in [-0.1, -0.05) is 30.3 Å². The van der Waals surface area contributed by atoms with Crippen LogP contribution in [-0.2, 0) is 9.59 Å². The fraction of sp³-hybridized carbons (Fsp3) is 0.300. The maximum absolute atomic E-state index is 12.0. The van der Waals surface area contributed by atoms with Crippen LogP contribution in [0.2, 0.25) is 0 Å². The van der Waals surface area contributed by atoms with Crippen molar-refractivity contribution in [1.82, 2.24) is 0 Å². The van der Waals surface area contributed by atoms with E-state index in [2.05, 4.69) is 5.32 Å². The highest BCUT2D eigenvalue weighted by molar-refractivity contribution is 5.90. The maximum Gasteiger partial charge on any atom is 0.310 e. The Morgan fingerprint density at radius 3 is 2.44 bits per heavy atom. The third-order valence-electron chi connectivity index (χ3n) is 3.96. The van der Waals surface area contributed by atoms with E-state index in [4.69, 9.17) is 9.84 Å². The summed E-state index contributed by atoms with van der Waals surface area (Å²) in [5.74, 6) is -0.688. The summed E-state index contributed by atoms with van der Waals surface area (Å²) >= 11 is 0. The summed E-state index contributed by atoms with van der Waals surface area (Å²) in [7, 11) is 0. The van der Waals surface area contributed by atoms with E-state index in [1.54, 1.807) is 31.2 Å². The number of hydrogen-bond donors (Lipinski definition) is 2. The van der Waals surface area contributed by atoms with E-state index < -0.39 is 11.9 Å². The molecule has 0 spiro atoms. The number of nitrogens with one attached hydrogen (secondary N) is 1. The van der Waals surface area contributed by atoms with Gasteiger partial charge in [-0.3, -0.25) is 9.59 Å². The second-order valence-electron chi connectivity index (χ2n) is 5.95. The standard InChI is InChI=1S/C20H23NO4/c1-14-6-3-4-7-18(14)25-13-5-8-19(22)21-17-11-9-16(10-12-17)15(2)20(23)24/h3-4,6-7,9-12,15H,5,8,13H2,1-2H3,(H,21,22)(H,23,24). The number of rotatable bonds is 8. The van der Waals surface area contributed by atoms with Crippen molar-refractivity contribution >= 4 is 17.6 Å². The minimum atomic E-state index is -0.870. The second kappa shape index (κ2) is 8.87. The molecule has 1 atom stereocenters. The summed E-state index contributed by atoms with van der Waals surface area (Å²) in [5, 5.41) is 11.8.